The number of benzene rings is 2. The molecular formula is C22H19BrN6O4. The average molecular weight is 511 g/mol. The molecule has 0 radical (unpaired) electrons. The predicted molar refractivity (Wildman–Crippen MR) is 126 cm³/mol. The van der Waals surface area contributed by atoms with Gasteiger partial charge >= 0.3 is 5.76 Å². The Balaban J connectivity index is 1.42. The molecule has 4 aromatic rings. The number of nitrogens with zero attached hydrogens (tertiary/aromatic N) is 1. The molecule has 1 saturated heterocycles. The van der Waals surface area contributed by atoms with Crippen LogP contribution in [0.15, 0.2) is 56.3 Å². The molecule has 10 nitrogen and oxygen atoms in total. The largest absolute Gasteiger partial charge is 0.439 e. The lowest BCUT2D eigenvalue weighted by Gasteiger charge is -2.11. The van der Waals surface area contributed by atoms with E-state index in [-0.39, 0.29) is 17.8 Å². The summed E-state index contributed by atoms with van der Waals surface area (Å²) in [5.74, 6) is -0.990. The fourth-order valence-corrected chi connectivity index (χ4v) is 4.23. The zero-order valence-electron chi connectivity index (χ0n) is 17.2. The summed E-state index contributed by atoms with van der Waals surface area (Å²) in [6.45, 7) is 0.829. The van der Waals surface area contributed by atoms with E-state index in [9.17, 15) is 14.4 Å². The van der Waals surface area contributed by atoms with Gasteiger partial charge in [0.1, 0.15) is 5.69 Å². The predicted octanol–water partition coefficient (Wildman–Crippen LogP) is 3.22. The lowest BCUT2D eigenvalue weighted by atomic mass is 10.1. The highest BCUT2D eigenvalue weighted by Crippen LogP contribution is 2.30. The molecule has 3 heterocycles. The fourth-order valence-electron chi connectivity index (χ4n) is 3.87. The van der Waals surface area contributed by atoms with Gasteiger partial charge in [-0.25, -0.2) is 4.79 Å². The Morgan fingerprint density at radius 1 is 1.09 bits per heavy atom. The summed E-state index contributed by atoms with van der Waals surface area (Å²) < 4.78 is 5.33. The van der Waals surface area contributed by atoms with Gasteiger partial charge in [0.25, 0.3) is 5.91 Å². The van der Waals surface area contributed by atoms with Crippen LogP contribution in [0.4, 0.5) is 11.4 Å². The maximum Gasteiger partial charge on any atom is 0.439 e. The van der Waals surface area contributed by atoms with Crippen LogP contribution in [0, 0.1) is 0 Å². The second kappa shape index (κ2) is 8.68. The Morgan fingerprint density at radius 2 is 1.97 bits per heavy atom. The third-order valence-electron chi connectivity index (χ3n) is 5.46. The quantitative estimate of drug-likeness (QED) is 0.278. The topological polar surface area (TPSA) is 145 Å². The van der Waals surface area contributed by atoms with Crippen molar-refractivity contribution in [2.24, 2.45) is 0 Å². The molecule has 0 aliphatic carbocycles. The van der Waals surface area contributed by atoms with E-state index < -0.39 is 11.7 Å². The second-order valence-electron chi connectivity index (χ2n) is 7.68. The van der Waals surface area contributed by atoms with Crippen molar-refractivity contribution in [3.63, 3.8) is 0 Å². The number of halogens is 1. The molecular weight excluding hydrogens is 492 g/mol. The first-order valence-corrected chi connectivity index (χ1v) is 11.1. The van der Waals surface area contributed by atoms with Crippen LogP contribution in [0.2, 0.25) is 0 Å². The van der Waals surface area contributed by atoms with Crippen LogP contribution >= 0.6 is 15.9 Å². The number of carbonyl (C=O) groups is 2. The minimum absolute atomic E-state index is 0.0956. The van der Waals surface area contributed by atoms with E-state index in [2.05, 4.69) is 51.5 Å². The van der Waals surface area contributed by atoms with Gasteiger partial charge in [-0.1, -0.05) is 33.2 Å². The van der Waals surface area contributed by atoms with Gasteiger partial charge in [0.05, 0.1) is 22.9 Å². The van der Waals surface area contributed by atoms with Crippen molar-refractivity contribution in [2.45, 2.75) is 18.9 Å². The van der Waals surface area contributed by atoms with Gasteiger partial charge in [-0.3, -0.25) is 19.1 Å². The molecule has 2 aromatic heterocycles. The summed E-state index contributed by atoms with van der Waals surface area (Å²) in [5.41, 5.74) is 2.50. The minimum atomic E-state index is -0.694. The molecule has 1 unspecified atom stereocenters. The van der Waals surface area contributed by atoms with Crippen molar-refractivity contribution in [3.8, 4) is 11.4 Å². The van der Waals surface area contributed by atoms with Crippen LogP contribution in [-0.4, -0.2) is 39.5 Å². The summed E-state index contributed by atoms with van der Waals surface area (Å²) in [6, 6.07) is 12.1. The van der Waals surface area contributed by atoms with Crippen LogP contribution in [0.5, 0.6) is 0 Å². The van der Waals surface area contributed by atoms with Crippen molar-refractivity contribution < 1.29 is 14.1 Å². The minimum Gasteiger partial charge on any atom is -0.349 e. The van der Waals surface area contributed by atoms with Crippen molar-refractivity contribution >= 4 is 50.0 Å². The third kappa shape index (κ3) is 4.32. The van der Waals surface area contributed by atoms with Crippen molar-refractivity contribution in [3.05, 3.63) is 63.2 Å². The highest BCUT2D eigenvalue weighted by molar-refractivity contribution is 9.10. The molecule has 2 amide bonds. The molecule has 168 valence electrons. The highest BCUT2D eigenvalue weighted by Gasteiger charge is 2.23. The highest BCUT2D eigenvalue weighted by atomic mass is 79.9. The summed E-state index contributed by atoms with van der Waals surface area (Å²) in [5, 5.41) is 13.4. The van der Waals surface area contributed by atoms with Crippen LogP contribution in [0.3, 0.4) is 0 Å². The number of rotatable bonds is 5. The Hall–Kier alpha value is -3.70. The number of fused-ring (bicyclic) bond motifs is 1. The maximum atomic E-state index is 13.0. The van der Waals surface area contributed by atoms with E-state index in [0.29, 0.717) is 28.1 Å². The van der Waals surface area contributed by atoms with Crippen molar-refractivity contribution in [1.29, 1.82) is 0 Å². The molecule has 2 aromatic carbocycles. The summed E-state index contributed by atoms with van der Waals surface area (Å²) >= 11 is 3.38. The maximum absolute atomic E-state index is 13.0. The fraction of sp³-hybridized carbons (Fsp3) is 0.182. The number of nitrogens with one attached hydrogen (secondary N) is 5. The normalized spacial score (nSPS) is 15.6. The van der Waals surface area contributed by atoms with Crippen LogP contribution in [0.25, 0.3) is 22.3 Å². The summed E-state index contributed by atoms with van der Waals surface area (Å²) in [7, 11) is 0. The molecule has 5 N–H and O–H groups in total. The molecule has 0 spiro atoms. The van der Waals surface area contributed by atoms with Crippen LogP contribution in [0.1, 0.15) is 23.3 Å². The molecule has 5 rings (SSSR count). The Kier molecular flexibility index (Phi) is 5.56. The summed E-state index contributed by atoms with van der Waals surface area (Å²) in [4.78, 5) is 42.5. The van der Waals surface area contributed by atoms with Gasteiger partial charge in [-0.2, -0.15) is 0 Å². The van der Waals surface area contributed by atoms with Gasteiger partial charge < -0.3 is 20.9 Å². The average Bonchev–Trinajstić information content (AvgIpc) is 3.55. The van der Waals surface area contributed by atoms with Gasteiger partial charge in [-0.05, 0) is 49.7 Å². The van der Waals surface area contributed by atoms with E-state index in [1.807, 2.05) is 12.1 Å². The van der Waals surface area contributed by atoms with Crippen LogP contribution < -0.4 is 21.7 Å². The number of hydrogen-bond acceptors (Lipinski definition) is 6. The van der Waals surface area contributed by atoms with E-state index in [1.54, 1.807) is 30.3 Å². The first-order chi connectivity index (χ1) is 16.0. The smallest absolute Gasteiger partial charge is 0.349 e. The third-order valence-corrected chi connectivity index (χ3v) is 5.95. The van der Waals surface area contributed by atoms with E-state index in [1.165, 1.54) is 0 Å². The lowest BCUT2D eigenvalue weighted by Crippen LogP contribution is -2.35. The number of aromatic amines is 2. The first kappa shape index (κ1) is 21.2. The molecule has 1 aliphatic heterocycles. The molecule has 1 fully saturated rings. The number of H-pyrrole nitrogens is 2. The number of aromatic nitrogens is 3. The molecule has 0 saturated carbocycles. The monoisotopic (exact) mass is 510 g/mol. The molecule has 11 heteroatoms. The Bertz CT molecular complexity index is 1420. The number of carbonyl (C=O) groups excluding carboxylic acids is 2. The zero-order chi connectivity index (χ0) is 22.9. The van der Waals surface area contributed by atoms with Crippen molar-refractivity contribution in [1.82, 2.24) is 20.4 Å². The van der Waals surface area contributed by atoms with Gasteiger partial charge in [0.2, 0.25) is 5.91 Å². The number of amides is 2. The Morgan fingerprint density at radius 3 is 2.73 bits per heavy atom. The summed E-state index contributed by atoms with van der Waals surface area (Å²) in [6.07, 6.45) is 1.77. The Labute approximate surface area is 195 Å². The molecule has 1 atom stereocenters. The van der Waals surface area contributed by atoms with E-state index >= 15 is 0 Å². The molecule has 1 aliphatic rings. The number of hydrogen-bond donors (Lipinski definition) is 5. The van der Waals surface area contributed by atoms with E-state index in [4.69, 9.17) is 0 Å². The lowest BCUT2D eigenvalue weighted by molar-refractivity contribution is -0.117. The first-order valence-electron chi connectivity index (χ1n) is 10.3. The standard InChI is InChI=1S/C22H19BrN6O4/c23-12-6-7-14(13(10-12)19-28-22(32)33-29-19)26-21(31)17-9-11-3-1-4-15(18(11)25-17)27-20(30)16-5-2-8-24-16/h1,3-4,6-7,9-10,16,24-25H,2,5,8H2,(H,26,31)(H,27,30)(H,28,29,32). The molecule has 33 heavy (non-hydrogen) atoms. The van der Waals surface area contributed by atoms with Gasteiger partial charge in [0.15, 0.2) is 5.82 Å². The van der Waals surface area contributed by atoms with Gasteiger partial charge in [0, 0.05) is 15.4 Å². The van der Waals surface area contributed by atoms with Crippen molar-refractivity contribution in [2.75, 3.05) is 17.2 Å². The number of anilines is 2. The zero-order valence-corrected chi connectivity index (χ0v) is 18.8. The SMILES string of the molecule is O=C(Nc1ccc(Br)cc1-c1noc(=O)[nH]1)c1cc2cccc(NC(=O)C3CCCN3)c2[nH]1. The molecule has 0 bridgehead atoms. The van der Waals surface area contributed by atoms with E-state index in [0.717, 1.165) is 29.2 Å². The van der Waals surface area contributed by atoms with Gasteiger partial charge in [-0.15, -0.1) is 0 Å². The number of para-hydroxylation sites is 1. The second-order valence-corrected chi connectivity index (χ2v) is 8.59. The van der Waals surface area contributed by atoms with Crippen LogP contribution in [-0.2, 0) is 4.79 Å².